The van der Waals surface area contributed by atoms with Crippen LogP contribution in [0.3, 0.4) is 0 Å². The Bertz CT molecular complexity index is 1600. The maximum atomic E-state index is 9.59. The van der Waals surface area contributed by atoms with Crippen LogP contribution in [0, 0.1) is 11.3 Å². The third-order valence-electron chi connectivity index (χ3n) is 9.41. The Morgan fingerprint density at radius 3 is 2.50 bits per heavy atom. The molecule has 1 saturated carbocycles. The lowest BCUT2D eigenvalue weighted by Crippen LogP contribution is -2.53. The normalized spacial score (nSPS) is 19.5. The standard InChI is InChI=1S/C37H41ClN4O2/c1-3-4-12-33-41-35(38)34(42(33)25-26-13-15-27(16-14-26)31-11-7-6-10-29(31)23-39)36-40-24-32(28-17-19-30(43-2)20-18-28)37(44-36)21-8-5-9-22-37/h6-7,10-11,13-20,32,36,40H,3-5,8-9,12,21-22,24-25H2,1-2H3. The number of hydrogen-bond donors (Lipinski definition) is 1. The first-order valence-corrected chi connectivity index (χ1v) is 16.3. The lowest BCUT2D eigenvalue weighted by atomic mass is 9.71. The van der Waals surface area contributed by atoms with Crippen molar-refractivity contribution in [3.8, 4) is 22.9 Å². The lowest BCUT2D eigenvalue weighted by molar-refractivity contribution is -0.170. The predicted molar refractivity (Wildman–Crippen MR) is 175 cm³/mol. The lowest BCUT2D eigenvalue weighted by Gasteiger charge is -2.50. The summed E-state index contributed by atoms with van der Waals surface area (Å²) in [7, 11) is 1.71. The number of aryl methyl sites for hydroxylation is 1. The monoisotopic (exact) mass is 608 g/mol. The van der Waals surface area contributed by atoms with Crippen LogP contribution in [-0.2, 0) is 17.7 Å². The van der Waals surface area contributed by atoms with Gasteiger partial charge < -0.3 is 14.0 Å². The number of unbranched alkanes of at least 4 members (excludes halogenated alkanes) is 1. The Hall–Kier alpha value is -3.63. The number of methoxy groups -OCH3 is 1. The Balaban J connectivity index is 1.31. The van der Waals surface area contributed by atoms with Crippen molar-refractivity contribution in [3.63, 3.8) is 0 Å². The number of imidazole rings is 1. The van der Waals surface area contributed by atoms with E-state index in [0.29, 0.717) is 17.3 Å². The zero-order valence-electron chi connectivity index (χ0n) is 25.7. The summed E-state index contributed by atoms with van der Waals surface area (Å²) in [6.45, 7) is 3.64. The number of nitrogens with zero attached hydrogens (tertiary/aromatic N) is 3. The smallest absolute Gasteiger partial charge is 0.154 e. The third-order valence-corrected chi connectivity index (χ3v) is 9.69. The summed E-state index contributed by atoms with van der Waals surface area (Å²) in [4.78, 5) is 4.90. The molecule has 1 aliphatic carbocycles. The van der Waals surface area contributed by atoms with E-state index in [1.807, 2.05) is 36.4 Å². The van der Waals surface area contributed by atoms with Crippen LogP contribution in [0.4, 0.5) is 0 Å². The zero-order chi connectivity index (χ0) is 30.5. The number of ether oxygens (including phenoxy) is 2. The fraction of sp³-hybridized carbons (Fsp3) is 0.405. The topological polar surface area (TPSA) is 72.1 Å². The van der Waals surface area contributed by atoms with Gasteiger partial charge in [0.15, 0.2) is 11.4 Å². The minimum Gasteiger partial charge on any atom is -0.497 e. The molecule has 1 saturated heterocycles. The van der Waals surface area contributed by atoms with E-state index in [-0.39, 0.29) is 17.7 Å². The van der Waals surface area contributed by atoms with Crippen LogP contribution >= 0.6 is 11.6 Å². The highest BCUT2D eigenvalue weighted by Gasteiger charge is 2.47. The quantitative estimate of drug-likeness (QED) is 0.206. The first kappa shape index (κ1) is 30.4. The molecule has 7 heteroatoms. The molecule has 3 aromatic carbocycles. The van der Waals surface area contributed by atoms with E-state index in [0.717, 1.165) is 85.4 Å². The summed E-state index contributed by atoms with van der Waals surface area (Å²) in [5.41, 5.74) is 5.73. The summed E-state index contributed by atoms with van der Waals surface area (Å²) in [5.74, 6) is 2.10. The van der Waals surface area contributed by atoms with Gasteiger partial charge in [-0.05, 0) is 59.7 Å². The molecule has 0 radical (unpaired) electrons. The molecule has 6 rings (SSSR count). The molecule has 1 spiro atoms. The van der Waals surface area contributed by atoms with E-state index in [9.17, 15) is 5.26 Å². The van der Waals surface area contributed by atoms with Gasteiger partial charge >= 0.3 is 0 Å². The SMILES string of the molecule is CCCCc1nc(Cl)c(C2NCC(c3ccc(OC)cc3)C3(CCCCC3)O2)n1Cc1ccc(-c2ccccc2C#N)cc1. The van der Waals surface area contributed by atoms with Gasteiger partial charge in [-0.3, -0.25) is 5.32 Å². The highest BCUT2D eigenvalue weighted by Crippen LogP contribution is 2.48. The minimum atomic E-state index is -0.347. The number of rotatable bonds is 9. The molecule has 0 amide bonds. The number of halogens is 1. The number of benzene rings is 3. The Labute approximate surface area is 266 Å². The summed E-state index contributed by atoms with van der Waals surface area (Å²) in [6, 6.07) is 27.0. The van der Waals surface area contributed by atoms with Gasteiger partial charge in [0, 0.05) is 25.4 Å². The second kappa shape index (κ2) is 13.6. The molecule has 2 atom stereocenters. The summed E-state index contributed by atoms with van der Waals surface area (Å²) >= 11 is 6.98. The van der Waals surface area contributed by atoms with Gasteiger partial charge in [0.1, 0.15) is 17.3 Å². The zero-order valence-corrected chi connectivity index (χ0v) is 26.4. The van der Waals surface area contributed by atoms with Crippen LogP contribution in [0.25, 0.3) is 11.1 Å². The summed E-state index contributed by atoms with van der Waals surface area (Å²) < 4.78 is 14.9. The van der Waals surface area contributed by atoms with Gasteiger partial charge in [-0.2, -0.15) is 5.26 Å². The molecule has 2 aliphatic rings. The molecule has 228 valence electrons. The molecule has 44 heavy (non-hydrogen) atoms. The maximum absolute atomic E-state index is 9.59. The van der Waals surface area contributed by atoms with E-state index < -0.39 is 0 Å². The van der Waals surface area contributed by atoms with Gasteiger partial charge in [0.05, 0.1) is 24.3 Å². The minimum absolute atomic E-state index is 0.239. The third kappa shape index (κ3) is 6.15. The number of nitriles is 1. The average molecular weight is 609 g/mol. The van der Waals surface area contributed by atoms with E-state index in [1.165, 1.54) is 12.0 Å². The van der Waals surface area contributed by atoms with Crippen LogP contribution in [-0.4, -0.2) is 28.8 Å². The van der Waals surface area contributed by atoms with Gasteiger partial charge in [0.25, 0.3) is 0 Å². The van der Waals surface area contributed by atoms with E-state index >= 15 is 0 Å². The van der Waals surface area contributed by atoms with Crippen molar-refractivity contribution >= 4 is 11.6 Å². The molecule has 6 nitrogen and oxygen atoms in total. The number of hydrogen-bond acceptors (Lipinski definition) is 5. The summed E-state index contributed by atoms with van der Waals surface area (Å²) in [6.07, 6.45) is 8.26. The molecule has 2 unspecified atom stereocenters. The van der Waals surface area contributed by atoms with Gasteiger partial charge in [-0.1, -0.05) is 98.8 Å². The Kier molecular flexibility index (Phi) is 9.37. The molecule has 2 fully saturated rings. The highest BCUT2D eigenvalue weighted by atomic mass is 35.5. The van der Waals surface area contributed by atoms with Gasteiger partial charge in [0.2, 0.25) is 0 Å². The number of nitrogens with one attached hydrogen (secondary N) is 1. The largest absolute Gasteiger partial charge is 0.497 e. The Morgan fingerprint density at radius 1 is 1.05 bits per heavy atom. The fourth-order valence-electron chi connectivity index (χ4n) is 7.03. The first-order valence-electron chi connectivity index (χ1n) is 15.9. The van der Waals surface area contributed by atoms with Crippen molar-refractivity contribution in [1.29, 1.82) is 5.26 Å². The van der Waals surface area contributed by atoms with Crippen molar-refractivity contribution in [1.82, 2.24) is 14.9 Å². The molecular weight excluding hydrogens is 568 g/mol. The van der Waals surface area contributed by atoms with Crippen LogP contribution < -0.4 is 10.1 Å². The molecular formula is C37H41ClN4O2. The van der Waals surface area contributed by atoms with Crippen molar-refractivity contribution in [2.75, 3.05) is 13.7 Å². The average Bonchev–Trinajstić information content (AvgIpc) is 3.38. The molecule has 1 N–H and O–H groups in total. The van der Waals surface area contributed by atoms with Crippen molar-refractivity contribution in [2.45, 2.75) is 82.6 Å². The Morgan fingerprint density at radius 2 is 1.80 bits per heavy atom. The molecule has 4 aromatic rings. The second-order valence-corrected chi connectivity index (χ2v) is 12.5. The van der Waals surface area contributed by atoms with Crippen LogP contribution in [0.2, 0.25) is 5.15 Å². The van der Waals surface area contributed by atoms with Crippen molar-refractivity contribution in [3.05, 3.63) is 106 Å². The highest BCUT2D eigenvalue weighted by molar-refractivity contribution is 6.30. The van der Waals surface area contributed by atoms with Crippen LogP contribution in [0.1, 0.15) is 92.2 Å². The number of aromatic nitrogens is 2. The first-order chi connectivity index (χ1) is 21.5. The van der Waals surface area contributed by atoms with Crippen molar-refractivity contribution < 1.29 is 9.47 Å². The van der Waals surface area contributed by atoms with E-state index in [2.05, 4.69) is 59.3 Å². The molecule has 1 aromatic heterocycles. The fourth-order valence-corrected chi connectivity index (χ4v) is 7.33. The van der Waals surface area contributed by atoms with E-state index in [1.54, 1.807) is 7.11 Å². The second-order valence-electron chi connectivity index (χ2n) is 12.1. The van der Waals surface area contributed by atoms with Gasteiger partial charge in [-0.25, -0.2) is 4.98 Å². The predicted octanol–water partition coefficient (Wildman–Crippen LogP) is 8.58. The van der Waals surface area contributed by atoms with E-state index in [4.69, 9.17) is 26.1 Å². The summed E-state index contributed by atoms with van der Waals surface area (Å²) in [5, 5.41) is 13.8. The molecule has 2 heterocycles. The maximum Gasteiger partial charge on any atom is 0.154 e. The molecule has 0 bridgehead atoms. The van der Waals surface area contributed by atoms with Crippen LogP contribution in [0.5, 0.6) is 5.75 Å². The molecule has 1 aliphatic heterocycles. The van der Waals surface area contributed by atoms with Gasteiger partial charge in [-0.15, -0.1) is 0 Å². The van der Waals surface area contributed by atoms with Crippen LogP contribution in [0.15, 0.2) is 72.8 Å². The van der Waals surface area contributed by atoms with Crippen molar-refractivity contribution in [2.24, 2.45) is 0 Å².